The lowest BCUT2D eigenvalue weighted by Gasteiger charge is -2.44. The van der Waals surface area contributed by atoms with Crippen molar-refractivity contribution in [2.75, 3.05) is 26.2 Å². The number of carbonyl (C=O) groups is 2. The average molecular weight is 618 g/mol. The SMILES string of the molecule is CCC(CC)(O[P+](=O)OC(CC)(CC)N1CCC(NC(=O)OC(C)(C)C)CC1)N1CCC(NC(=O)OC(C)(C)C)CC1. The molecule has 42 heavy (non-hydrogen) atoms. The third-order valence-electron chi connectivity index (χ3n) is 8.28. The van der Waals surface area contributed by atoms with E-state index in [9.17, 15) is 14.2 Å². The molecule has 0 saturated carbocycles. The lowest BCUT2D eigenvalue weighted by atomic mass is 9.98. The van der Waals surface area contributed by atoms with Gasteiger partial charge in [0.25, 0.3) is 0 Å². The number of piperidine rings is 2. The summed E-state index contributed by atoms with van der Waals surface area (Å²) in [7, 11) is -2.42. The van der Waals surface area contributed by atoms with Crippen molar-refractivity contribution >= 4 is 20.4 Å². The average Bonchev–Trinajstić information content (AvgIpc) is 2.89. The molecule has 0 spiro atoms. The van der Waals surface area contributed by atoms with Crippen molar-refractivity contribution in [1.29, 1.82) is 0 Å². The highest BCUT2D eigenvalue weighted by Gasteiger charge is 2.51. The minimum atomic E-state index is -2.42. The normalized spacial score (nSPS) is 18.9. The Balaban J connectivity index is 1.98. The van der Waals surface area contributed by atoms with E-state index in [1.807, 2.05) is 69.2 Å². The van der Waals surface area contributed by atoms with Crippen molar-refractivity contribution in [3.63, 3.8) is 0 Å². The van der Waals surface area contributed by atoms with Crippen LogP contribution in [0.2, 0.25) is 0 Å². The van der Waals surface area contributed by atoms with Gasteiger partial charge >= 0.3 is 20.4 Å². The number of likely N-dealkylation sites (tertiary alicyclic amines) is 2. The molecule has 2 rings (SSSR count). The maximum absolute atomic E-state index is 13.6. The van der Waals surface area contributed by atoms with Crippen molar-refractivity contribution in [2.24, 2.45) is 0 Å². The molecule has 2 N–H and O–H groups in total. The van der Waals surface area contributed by atoms with Crippen molar-refractivity contribution < 1.29 is 32.7 Å². The summed E-state index contributed by atoms with van der Waals surface area (Å²) in [4.78, 5) is 29.0. The number of nitrogens with zero attached hydrogens (tertiary/aromatic N) is 2. The van der Waals surface area contributed by atoms with Crippen molar-refractivity contribution in [3.05, 3.63) is 0 Å². The van der Waals surface area contributed by atoms with E-state index in [1.54, 1.807) is 0 Å². The quantitative estimate of drug-likeness (QED) is 0.231. The largest absolute Gasteiger partial charge is 0.701 e. The summed E-state index contributed by atoms with van der Waals surface area (Å²) < 4.78 is 37.1. The molecule has 0 aromatic heterocycles. The van der Waals surface area contributed by atoms with Crippen LogP contribution >= 0.6 is 8.25 Å². The minimum absolute atomic E-state index is 0.0214. The van der Waals surface area contributed by atoms with E-state index in [1.165, 1.54) is 0 Å². The predicted molar refractivity (Wildman–Crippen MR) is 164 cm³/mol. The molecule has 2 aliphatic rings. The van der Waals surface area contributed by atoms with Gasteiger partial charge in [0.1, 0.15) is 11.2 Å². The van der Waals surface area contributed by atoms with Gasteiger partial charge in [0.15, 0.2) is 11.4 Å². The Kier molecular flexibility index (Phi) is 13.5. The lowest BCUT2D eigenvalue weighted by Crippen LogP contribution is -2.56. The molecule has 12 heteroatoms. The van der Waals surface area contributed by atoms with E-state index in [0.29, 0.717) is 51.9 Å². The Labute approximate surface area is 255 Å². The van der Waals surface area contributed by atoms with Crippen molar-refractivity contribution in [3.8, 4) is 0 Å². The first-order chi connectivity index (χ1) is 19.5. The molecular weight excluding hydrogens is 559 g/mol. The zero-order valence-electron chi connectivity index (χ0n) is 27.8. The summed E-state index contributed by atoms with van der Waals surface area (Å²) in [6, 6.07) is 0.0428. The van der Waals surface area contributed by atoms with Crippen LogP contribution in [0.5, 0.6) is 0 Å². The van der Waals surface area contributed by atoms with Gasteiger partial charge in [0.2, 0.25) is 0 Å². The Bertz CT molecular complexity index is 811. The van der Waals surface area contributed by atoms with Crippen LogP contribution in [0.25, 0.3) is 0 Å². The maximum atomic E-state index is 13.6. The smallest absolute Gasteiger partial charge is 0.444 e. The molecular formula is C30H58N4O7P+. The summed E-state index contributed by atoms with van der Waals surface area (Å²) in [5.41, 5.74) is -2.52. The molecule has 2 saturated heterocycles. The molecule has 0 unspecified atom stereocenters. The fraction of sp³-hybridized carbons (Fsp3) is 0.933. The molecule has 0 aromatic rings. The van der Waals surface area contributed by atoms with E-state index in [4.69, 9.17) is 18.5 Å². The number of nitrogens with one attached hydrogen (secondary N) is 2. The fourth-order valence-electron chi connectivity index (χ4n) is 5.88. The van der Waals surface area contributed by atoms with Gasteiger partial charge in [-0.2, -0.15) is 0 Å². The van der Waals surface area contributed by atoms with Crippen LogP contribution in [0.1, 0.15) is 121 Å². The van der Waals surface area contributed by atoms with E-state index < -0.39 is 43.1 Å². The Morgan fingerprint density at radius 3 is 1.17 bits per heavy atom. The van der Waals surface area contributed by atoms with Gasteiger partial charge < -0.3 is 20.1 Å². The monoisotopic (exact) mass is 617 g/mol. The highest BCUT2D eigenvalue weighted by molar-refractivity contribution is 7.33. The third kappa shape index (κ3) is 10.9. The number of ether oxygens (including phenoxy) is 2. The zero-order valence-corrected chi connectivity index (χ0v) is 28.7. The molecule has 11 nitrogen and oxygen atoms in total. The third-order valence-corrected chi connectivity index (χ3v) is 9.26. The first kappa shape index (κ1) is 36.7. The van der Waals surface area contributed by atoms with Crippen LogP contribution < -0.4 is 10.6 Å². The number of alkyl carbamates (subject to hydrolysis) is 2. The van der Waals surface area contributed by atoms with Gasteiger partial charge in [-0.25, -0.2) is 9.59 Å². The molecule has 0 aromatic carbocycles. The van der Waals surface area contributed by atoms with Crippen LogP contribution in [0, 0.1) is 0 Å². The molecule has 0 radical (unpaired) electrons. The minimum Gasteiger partial charge on any atom is -0.444 e. The predicted octanol–water partition coefficient (Wildman–Crippen LogP) is 6.69. The first-order valence-corrected chi connectivity index (χ1v) is 16.9. The van der Waals surface area contributed by atoms with Gasteiger partial charge in [0, 0.05) is 42.8 Å². The second-order valence-corrected chi connectivity index (χ2v) is 14.3. The van der Waals surface area contributed by atoms with E-state index in [2.05, 4.69) is 20.4 Å². The first-order valence-electron chi connectivity index (χ1n) is 15.8. The molecule has 244 valence electrons. The summed E-state index contributed by atoms with van der Waals surface area (Å²) >= 11 is 0. The standard InChI is InChI=1S/C30H57N4O7P/c1-11-29(12-2,33-19-15-23(16-20-33)31-25(35)38-27(5,6)7)40-42(37)41-30(13-3,14-4)34-21-17-24(18-22-34)32-26(36)39-28(8,9)10/h23-24H,11-22H2,1-10H3,(H-,31,32,35,36)/p+1. The fourth-order valence-corrected chi connectivity index (χ4v) is 7.21. The second kappa shape index (κ2) is 15.5. The highest BCUT2D eigenvalue weighted by Crippen LogP contribution is 2.45. The second-order valence-electron chi connectivity index (χ2n) is 13.5. The Morgan fingerprint density at radius 2 is 0.929 bits per heavy atom. The van der Waals surface area contributed by atoms with Crippen LogP contribution in [-0.2, 0) is 23.1 Å². The summed E-state index contributed by atoms with van der Waals surface area (Å²) in [6.45, 7) is 22.1. The maximum Gasteiger partial charge on any atom is 0.701 e. The van der Waals surface area contributed by atoms with Gasteiger partial charge in [0.05, 0.1) is 0 Å². The molecule has 2 amide bonds. The lowest BCUT2D eigenvalue weighted by molar-refractivity contribution is -0.137. The van der Waals surface area contributed by atoms with E-state index >= 15 is 0 Å². The van der Waals surface area contributed by atoms with Gasteiger partial charge in [-0.3, -0.25) is 9.80 Å². The van der Waals surface area contributed by atoms with Crippen LogP contribution in [-0.4, -0.2) is 82.9 Å². The number of carbonyl (C=O) groups excluding carboxylic acids is 2. The van der Waals surface area contributed by atoms with E-state index in [0.717, 1.165) is 25.7 Å². The Hall–Kier alpha value is -1.52. The van der Waals surface area contributed by atoms with Crippen LogP contribution in [0.3, 0.4) is 0 Å². The molecule has 2 heterocycles. The summed E-state index contributed by atoms with van der Waals surface area (Å²) in [6.07, 6.45) is 4.85. The van der Waals surface area contributed by atoms with Crippen LogP contribution in [0.4, 0.5) is 9.59 Å². The molecule has 0 aliphatic carbocycles. The zero-order chi connectivity index (χ0) is 31.8. The highest BCUT2D eigenvalue weighted by atomic mass is 31.1. The van der Waals surface area contributed by atoms with Crippen molar-refractivity contribution in [1.82, 2.24) is 20.4 Å². The number of hydrogen-bond acceptors (Lipinski definition) is 9. The number of rotatable bonds is 12. The number of hydrogen-bond donors (Lipinski definition) is 2. The van der Waals surface area contributed by atoms with Gasteiger partial charge in [-0.1, -0.05) is 36.7 Å². The molecule has 0 bridgehead atoms. The molecule has 0 atom stereocenters. The molecule has 2 aliphatic heterocycles. The van der Waals surface area contributed by atoms with Crippen molar-refractivity contribution in [2.45, 2.75) is 155 Å². The summed E-state index contributed by atoms with van der Waals surface area (Å²) in [5.74, 6) is 0. The van der Waals surface area contributed by atoms with Crippen LogP contribution in [0.15, 0.2) is 0 Å². The Morgan fingerprint density at radius 1 is 0.643 bits per heavy atom. The van der Waals surface area contributed by atoms with Gasteiger partial charge in [-0.05, 0) is 92.9 Å². The van der Waals surface area contributed by atoms with E-state index in [-0.39, 0.29) is 12.1 Å². The number of amides is 2. The van der Waals surface area contributed by atoms with Gasteiger partial charge in [-0.15, -0.1) is 0 Å². The summed E-state index contributed by atoms with van der Waals surface area (Å²) in [5, 5.41) is 5.97. The molecule has 2 fully saturated rings. The topological polar surface area (TPSA) is 119 Å².